The lowest BCUT2D eigenvalue weighted by molar-refractivity contribution is -0.178. The van der Waals surface area contributed by atoms with Crippen molar-refractivity contribution < 1.29 is 23.8 Å². The number of ketones is 1. The van der Waals surface area contributed by atoms with Crippen molar-refractivity contribution in [2.24, 2.45) is 0 Å². The molecule has 0 bridgehead atoms. The number of Topliss-reactive ketones (excluding diaryl/α,β-unsaturated/α-hetero) is 1. The molecule has 1 heterocycles. The third-order valence-electron chi connectivity index (χ3n) is 4.08. The second kappa shape index (κ2) is 9.63. The van der Waals surface area contributed by atoms with Crippen LogP contribution in [0, 0.1) is 0 Å². The number of esters is 1. The minimum atomic E-state index is -0.183. The Morgan fingerprint density at radius 2 is 2.26 bits per heavy atom. The van der Waals surface area contributed by atoms with Gasteiger partial charge in [-0.05, 0) is 50.2 Å². The topological polar surface area (TPSA) is 61.8 Å². The Bertz CT molecular complexity index is 460. The third-order valence-corrected chi connectivity index (χ3v) is 4.08. The molecule has 0 radical (unpaired) electrons. The summed E-state index contributed by atoms with van der Waals surface area (Å²) in [6.45, 7) is 0.746. The van der Waals surface area contributed by atoms with Crippen molar-refractivity contribution in [2.75, 3.05) is 13.7 Å². The summed E-state index contributed by atoms with van der Waals surface area (Å²) in [5, 5.41) is 0. The molecule has 0 spiro atoms. The SMILES string of the molecule is COC(=O)CCCC=CCC1=C[C@H](OC2CCCCO2)CC1=O. The van der Waals surface area contributed by atoms with Crippen molar-refractivity contribution in [3.05, 3.63) is 23.8 Å². The van der Waals surface area contributed by atoms with E-state index in [9.17, 15) is 9.59 Å². The van der Waals surface area contributed by atoms with E-state index in [1.54, 1.807) is 0 Å². The molecule has 0 N–H and O–H groups in total. The molecular formula is C18H26O5. The van der Waals surface area contributed by atoms with Crippen LogP contribution < -0.4 is 0 Å². The molecular weight excluding hydrogens is 296 g/mol. The predicted molar refractivity (Wildman–Crippen MR) is 85.8 cm³/mol. The lowest BCUT2D eigenvalue weighted by Crippen LogP contribution is -2.26. The summed E-state index contributed by atoms with van der Waals surface area (Å²) >= 11 is 0. The van der Waals surface area contributed by atoms with Crippen LogP contribution in [-0.4, -0.2) is 37.9 Å². The van der Waals surface area contributed by atoms with Crippen LogP contribution in [0.2, 0.25) is 0 Å². The molecule has 1 unspecified atom stereocenters. The summed E-state index contributed by atoms with van der Waals surface area (Å²) in [5.41, 5.74) is 0.815. The van der Waals surface area contributed by atoms with Crippen LogP contribution in [0.1, 0.15) is 51.4 Å². The van der Waals surface area contributed by atoms with Gasteiger partial charge >= 0.3 is 5.97 Å². The van der Waals surface area contributed by atoms with Crippen LogP contribution in [0.4, 0.5) is 0 Å². The molecule has 2 rings (SSSR count). The summed E-state index contributed by atoms with van der Waals surface area (Å²) < 4.78 is 16.0. The average Bonchev–Trinajstić information content (AvgIpc) is 2.91. The van der Waals surface area contributed by atoms with Crippen molar-refractivity contribution in [3.63, 3.8) is 0 Å². The van der Waals surface area contributed by atoms with Gasteiger partial charge in [0, 0.05) is 19.4 Å². The standard InChI is InChI=1S/C18H26O5/c1-21-17(20)9-5-3-2-4-8-14-12-15(13-16(14)19)23-18-10-6-7-11-22-18/h2,4,12,15,18H,3,5-11,13H2,1H3/t15-,18?/m0/s1. The zero-order valence-electron chi connectivity index (χ0n) is 13.8. The number of allylic oxidation sites excluding steroid dienone is 3. The van der Waals surface area contributed by atoms with Gasteiger partial charge in [-0.15, -0.1) is 0 Å². The number of ether oxygens (including phenoxy) is 3. The Morgan fingerprint density at radius 3 is 3.00 bits per heavy atom. The van der Waals surface area contributed by atoms with Crippen LogP contribution in [0.15, 0.2) is 23.8 Å². The Hall–Kier alpha value is -1.46. The van der Waals surface area contributed by atoms with Crippen LogP contribution in [0.3, 0.4) is 0 Å². The fourth-order valence-electron chi connectivity index (χ4n) is 2.77. The maximum absolute atomic E-state index is 12.0. The summed E-state index contributed by atoms with van der Waals surface area (Å²) in [6, 6.07) is 0. The van der Waals surface area contributed by atoms with Crippen molar-refractivity contribution in [1.82, 2.24) is 0 Å². The van der Waals surface area contributed by atoms with Crippen molar-refractivity contribution in [1.29, 1.82) is 0 Å². The molecule has 0 amide bonds. The summed E-state index contributed by atoms with van der Waals surface area (Å²) in [6.07, 6.45) is 11.8. The van der Waals surface area contributed by atoms with Gasteiger partial charge in [-0.1, -0.05) is 12.2 Å². The Balaban J connectivity index is 1.68. The molecule has 0 aromatic rings. The van der Waals surface area contributed by atoms with E-state index in [1.807, 2.05) is 18.2 Å². The molecule has 0 aromatic carbocycles. The highest BCUT2D eigenvalue weighted by Crippen LogP contribution is 2.24. The minimum Gasteiger partial charge on any atom is -0.469 e. The first kappa shape index (κ1) is 17.9. The third kappa shape index (κ3) is 6.28. The van der Waals surface area contributed by atoms with E-state index < -0.39 is 0 Å². The monoisotopic (exact) mass is 322 g/mol. The highest BCUT2D eigenvalue weighted by molar-refractivity contribution is 5.98. The lowest BCUT2D eigenvalue weighted by atomic mass is 10.1. The van der Waals surface area contributed by atoms with Crippen LogP contribution in [0.5, 0.6) is 0 Å². The van der Waals surface area contributed by atoms with E-state index in [1.165, 1.54) is 7.11 Å². The van der Waals surface area contributed by atoms with Gasteiger partial charge in [0.1, 0.15) is 0 Å². The highest BCUT2D eigenvalue weighted by Gasteiger charge is 2.27. The second-order valence-electron chi connectivity index (χ2n) is 5.93. The maximum Gasteiger partial charge on any atom is 0.305 e. The molecule has 1 aliphatic heterocycles. The van der Waals surface area contributed by atoms with Gasteiger partial charge in [0.15, 0.2) is 12.1 Å². The molecule has 0 aromatic heterocycles. The molecule has 1 aliphatic carbocycles. The fourth-order valence-corrected chi connectivity index (χ4v) is 2.77. The van der Waals surface area contributed by atoms with E-state index in [2.05, 4.69) is 4.74 Å². The van der Waals surface area contributed by atoms with Crippen molar-refractivity contribution >= 4 is 11.8 Å². The van der Waals surface area contributed by atoms with Gasteiger partial charge in [-0.25, -0.2) is 0 Å². The number of rotatable bonds is 8. The zero-order valence-corrected chi connectivity index (χ0v) is 13.8. The number of carbonyl (C=O) groups excluding carboxylic acids is 2. The van der Waals surface area contributed by atoms with E-state index in [-0.39, 0.29) is 24.1 Å². The number of methoxy groups -OCH3 is 1. The molecule has 0 saturated carbocycles. The summed E-state index contributed by atoms with van der Waals surface area (Å²) in [7, 11) is 1.40. The first-order valence-electron chi connectivity index (χ1n) is 8.42. The summed E-state index contributed by atoms with van der Waals surface area (Å²) in [5.74, 6) is -0.0259. The largest absolute Gasteiger partial charge is 0.469 e. The normalized spacial score (nSPS) is 24.9. The Labute approximate surface area is 137 Å². The smallest absolute Gasteiger partial charge is 0.305 e. The molecule has 5 nitrogen and oxygen atoms in total. The summed E-state index contributed by atoms with van der Waals surface area (Å²) in [4.78, 5) is 23.0. The Morgan fingerprint density at radius 1 is 1.39 bits per heavy atom. The van der Waals surface area contributed by atoms with Gasteiger partial charge in [0.05, 0.1) is 13.2 Å². The van der Waals surface area contributed by atoms with E-state index in [0.717, 1.165) is 44.3 Å². The van der Waals surface area contributed by atoms with E-state index in [4.69, 9.17) is 9.47 Å². The lowest BCUT2D eigenvalue weighted by Gasteiger charge is -2.24. The molecule has 2 atom stereocenters. The Kier molecular flexibility index (Phi) is 7.49. The van der Waals surface area contributed by atoms with E-state index >= 15 is 0 Å². The molecule has 128 valence electrons. The van der Waals surface area contributed by atoms with E-state index in [0.29, 0.717) is 19.3 Å². The molecule has 2 aliphatic rings. The molecule has 5 heteroatoms. The molecule has 23 heavy (non-hydrogen) atoms. The quantitative estimate of drug-likeness (QED) is 0.390. The first-order valence-corrected chi connectivity index (χ1v) is 8.42. The van der Waals surface area contributed by atoms with Crippen molar-refractivity contribution in [2.45, 2.75) is 63.8 Å². The van der Waals surface area contributed by atoms with Gasteiger partial charge < -0.3 is 14.2 Å². The number of carbonyl (C=O) groups is 2. The van der Waals surface area contributed by atoms with Gasteiger partial charge in [0.2, 0.25) is 0 Å². The average molecular weight is 322 g/mol. The van der Waals surface area contributed by atoms with Crippen molar-refractivity contribution in [3.8, 4) is 0 Å². The zero-order chi connectivity index (χ0) is 16.5. The van der Waals surface area contributed by atoms with Gasteiger partial charge in [0.25, 0.3) is 0 Å². The second-order valence-corrected chi connectivity index (χ2v) is 5.93. The van der Waals surface area contributed by atoms with Crippen LogP contribution in [0.25, 0.3) is 0 Å². The number of unbranched alkanes of at least 4 members (excludes halogenated alkanes) is 1. The molecule has 1 saturated heterocycles. The number of hydrogen-bond donors (Lipinski definition) is 0. The molecule has 1 fully saturated rings. The number of hydrogen-bond acceptors (Lipinski definition) is 5. The van der Waals surface area contributed by atoms with Gasteiger partial charge in [-0.3, -0.25) is 9.59 Å². The fraction of sp³-hybridized carbons (Fsp3) is 0.667. The van der Waals surface area contributed by atoms with Gasteiger partial charge in [-0.2, -0.15) is 0 Å². The predicted octanol–water partition coefficient (Wildman–Crippen LogP) is 3.09. The van der Waals surface area contributed by atoms with Crippen LogP contribution in [-0.2, 0) is 23.8 Å². The van der Waals surface area contributed by atoms with Crippen LogP contribution >= 0.6 is 0 Å². The minimum absolute atomic E-state index is 0.145. The first-order chi connectivity index (χ1) is 11.2. The maximum atomic E-state index is 12.0. The highest BCUT2D eigenvalue weighted by atomic mass is 16.7.